The van der Waals surface area contributed by atoms with Gasteiger partial charge in [-0.1, -0.05) is 24.2 Å². The van der Waals surface area contributed by atoms with Crippen LogP contribution < -0.4 is 16.2 Å². The molecular weight excluding hydrogens is 440 g/mol. The lowest BCUT2D eigenvalue weighted by molar-refractivity contribution is 0.141. The summed E-state index contributed by atoms with van der Waals surface area (Å²) >= 11 is 6.62. The number of anilines is 1. The van der Waals surface area contributed by atoms with Gasteiger partial charge >= 0.3 is 0 Å². The number of aryl methyl sites for hydroxylation is 1. The molecule has 4 rings (SSSR count). The number of aromatic nitrogens is 5. The SMILES string of the molecule is C=C(N)CN(C)c1nc2[nH]cc(-c3ccc4nn(CC)c(C(F)F)c4c3Cl)c2c(=O)n1C. The third-order valence-corrected chi connectivity index (χ3v) is 5.74. The van der Waals surface area contributed by atoms with Crippen LogP contribution in [0.2, 0.25) is 5.02 Å². The molecule has 168 valence electrons. The summed E-state index contributed by atoms with van der Waals surface area (Å²) in [5, 5.41) is 4.82. The largest absolute Gasteiger partial charge is 0.401 e. The number of H-pyrrole nitrogens is 1. The summed E-state index contributed by atoms with van der Waals surface area (Å²) < 4.78 is 30.2. The van der Waals surface area contributed by atoms with E-state index in [2.05, 4.69) is 21.6 Å². The third-order valence-electron chi connectivity index (χ3n) is 5.35. The van der Waals surface area contributed by atoms with Crippen LogP contribution in [0.25, 0.3) is 33.1 Å². The van der Waals surface area contributed by atoms with Crippen molar-refractivity contribution in [2.75, 3.05) is 18.5 Å². The lowest BCUT2D eigenvalue weighted by atomic mass is 10.0. The van der Waals surface area contributed by atoms with Gasteiger partial charge < -0.3 is 15.6 Å². The van der Waals surface area contributed by atoms with Gasteiger partial charge in [0.15, 0.2) is 0 Å². The number of nitrogens with one attached hydrogen (secondary N) is 1. The summed E-state index contributed by atoms with van der Waals surface area (Å²) in [5.74, 6) is 0.397. The van der Waals surface area contributed by atoms with Gasteiger partial charge in [0.25, 0.3) is 12.0 Å². The van der Waals surface area contributed by atoms with E-state index in [1.54, 1.807) is 44.2 Å². The lowest BCUT2D eigenvalue weighted by Crippen LogP contribution is -2.31. The molecule has 0 bridgehead atoms. The molecule has 3 N–H and O–H groups in total. The Hall–Kier alpha value is -3.40. The van der Waals surface area contributed by atoms with Gasteiger partial charge in [0.1, 0.15) is 11.3 Å². The fourth-order valence-corrected chi connectivity index (χ4v) is 4.31. The topological polar surface area (TPSA) is 97.8 Å². The molecule has 0 fully saturated rings. The molecule has 0 saturated heterocycles. The Morgan fingerprint density at radius 3 is 2.69 bits per heavy atom. The quantitative estimate of drug-likeness (QED) is 0.455. The highest BCUT2D eigenvalue weighted by Crippen LogP contribution is 2.40. The van der Waals surface area contributed by atoms with E-state index in [1.807, 2.05) is 0 Å². The monoisotopic (exact) mass is 461 g/mol. The van der Waals surface area contributed by atoms with Crippen molar-refractivity contribution in [3.63, 3.8) is 0 Å². The van der Waals surface area contributed by atoms with Crippen molar-refractivity contribution in [2.45, 2.75) is 19.9 Å². The Kier molecular flexibility index (Phi) is 5.41. The van der Waals surface area contributed by atoms with E-state index in [1.165, 1.54) is 9.25 Å². The minimum absolute atomic E-state index is 0.112. The first-order valence-corrected chi connectivity index (χ1v) is 10.2. The predicted octanol–water partition coefficient (Wildman–Crippen LogP) is 3.80. The van der Waals surface area contributed by atoms with Crippen molar-refractivity contribution in [3.8, 4) is 11.1 Å². The minimum atomic E-state index is -2.75. The maximum atomic E-state index is 13.8. The summed E-state index contributed by atoms with van der Waals surface area (Å²) in [7, 11) is 3.35. The lowest BCUT2D eigenvalue weighted by Gasteiger charge is -2.20. The van der Waals surface area contributed by atoms with Crippen molar-refractivity contribution in [1.82, 2.24) is 24.3 Å². The summed E-state index contributed by atoms with van der Waals surface area (Å²) in [6, 6.07) is 3.30. The summed E-state index contributed by atoms with van der Waals surface area (Å²) in [5.41, 5.74) is 7.19. The second-order valence-electron chi connectivity index (χ2n) is 7.54. The molecule has 0 radical (unpaired) electrons. The van der Waals surface area contributed by atoms with Crippen LogP contribution in [0.4, 0.5) is 14.7 Å². The van der Waals surface area contributed by atoms with Gasteiger partial charge in [0, 0.05) is 49.0 Å². The molecule has 1 aromatic carbocycles. The van der Waals surface area contributed by atoms with E-state index >= 15 is 0 Å². The molecule has 0 spiro atoms. The number of aromatic amines is 1. The minimum Gasteiger partial charge on any atom is -0.401 e. The van der Waals surface area contributed by atoms with E-state index in [0.29, 0.717) is 45.9 Å². The van der Waals surface area contributed by atoms with Gasteiger partial charge in [-0.25, -0.2) is 8.78 Å². The normalized spacial score (nSPS) is 11.7. The zero-order valence-electron chi connectivity index (χ0n) is 17.8. The number of rotatable bonds is 6. The third kappa shape index (κ3) is 3.31. The van der Waals surface area contributed by atoms with Crippen LogP contribution in [0.5, 0.6) is 0 Å². The van der Waals surface area contributed by atoms with Crippen LogP contribution in [0.3, 0.4) is 0 Å². The van der Waals surface area contributed by atoms with Gasteiger partial charge in [-0.2, -0.15) is 10.1 Å². The van der Waals surface area contributed by atoms with Gasteiger partial charge in [0.05, 0.1) is 22.5 Å². The van der Waals surface area contributed by atoms with E-state index in [4.69, 9.17) is 17.3 Å². The standard InChI is InChI=1S/C21H22ClF2N7O/c1-5-31-17(18(23)24)15-13(28-31)7-6-11(16(15)22)12-8-26-19-14(12)20(32)30(4)21(27-19)29(3)9-10(2)25/h6-8,18,26H,2,5,9,25H2,1,3-4H3. The molecule has 4 aromatic rings. The zero-order valence-corrected chi connectivity index (χ0v) is 18.5. The molecule has 0 saturated carbocycles. The molecule has 32 heavy (non-hydrogen) atoms. The van der Waals surface area contributed by atoms with Crippen LogP contribution >= 0.6 is 11.6 Å². The number of likely N-dealkylation sites (N-methyl/N-ethyl adjacent to an activating group) is 1. The van der Waals surface area contributed by atoms with E-state index < -0.39 is 6.43 Å². The highest BCUT2D eigenvalue weighted by Gasteiger charge is 2.25. The van der Waals surface area contributed by atoms with Crippen molar-refractivity contribution in [1.29, 1.82) is 0 Å². The number of nitrogens with zero attached hydrogens (tertiary/aromatic N) is 5. The molecule has 8 nitrogen and oxygen atoms in total. The number of hydrogen-bond acceptors (Lipinski definition) is 5. The molecule has 0 aliphatic heterocycles. The smallest absolute Gasteiger partial charge is 0.280 e. The zero-order chi connectivity index (χ0) is 23.3. The van der Waals surface area contributed by atoms with E-state index in [-0.39, 0.29) is 28.2 Å². The summed E-state index contributed by atoms with van der Waals surface area (Å²) in [6.45, 7) is 6.01. The number of halogens is 3. The Labute approximate surface area is 186 Å². The van der Waals surface area contributed by atoms with Gasteiger partial charge in [0.2, 0.25) is 5.95 Å². The average molecular weight is 462 g/mol. The van der Waals surface area contributed by atoms with E-state index in [0.717, 1.165) is 0 Å². The fraction of sp³-hybridized carbons (Fsp3) is 0.286. The highest BCUT2D eigenvalue weighted by atomic mass is 35.5. The first-order valence-electron chi connectivity index (χ1n) is 9.85. The van der Waals surface area contributed by atoms with Gasteiger partial charge in [-0.05, 0) is 13.0 Å². The number of nitrogens with two attached hydrogens (primary N) is 1. The second kappa shape index (κ2) is 7.94. The molecule has 3 aromatic heterocycles. The first kappa shape index (κ1) is 21.8. The Balaban J connectivity index is 1.96. The van der Waals surface area contributed by atoms with Crippen LogP contribution in [-0.4, -0.2) is 37.9 Å². The molecule has 0 atom stereocenters. The molecule has 11 heteroatoms. The maximum absolute atomic E-state index is 13.8. The molecule has 3 heterocycles. The Morgan fingerprint density at radius 2 is 2.06 bits per heavy atom. The van der Waals surface area contributed by atoms with Crippen molar-refractivity contribution in [3.05, 3.63) is 51.7 Å². The molecule has 0 amide bonds. The van der Waals surface area contributed by atoms with Crippen molar-refractivity contribution < 1.29 is 8.78 Å². The number of fused-ring (bicyclic) bond motifs is 2. The van der Waals surface area contributed by atoms with Crippen molar-refractivity contribution in [2.24, 2.45) is 12.8 Å². The fourth-order valence-electron chi connectivity index (χ4n) is 3.96. The second-order valence-corrected chi connectivity index (χ2v) is 7.92. The van der Waals surface area contributed by atoms with E-state index in [9.17, 15) is 13.6 Å². The maximum Gasteiger partial charge on any atom is 0.280 e. The van der Waals surface area contributed by atoms with Crippen LogP contribution in [-0.2, 0) is 13.6 Å². The van der Waals surface area contributed by atoms with Crippen molar-refractivity contribution >= 4 is 39.5 Å². The first-order chi connectivity index (χ1) is 15.1. The van der Waals surface area contributed by atoms with Crippen LogP contribution in [0.1, 0.15) is 19.0 Å². The Morgan fingerprint density at radius 1 is 1.34 bits per heavy atom. The molecule has 0 aliphatic carbocycles. The Bertz CT molecular complexity index is 1420. The molecule has 0 aliphatic rings. The molecular formula is C21H22ClF2N7O. The predicted molar refractivity (Wildman–Crippen MR) is 122 cm³/mol. The average Bonchev–Trinajstić information content (AvgIpc) is 3.32. The highest BCUT2D eigenvalue weighted by molar-refractivity contribution is 6.38. The number of benzene rings is 1. The number of hydrogen-bond donors (Lipinski definition) is 2. The summed E-state index contributed by atoms with van der Waals surface area (Å²) in [6.07, 6.45) is -1.15. The number of alkyl halides is 2. The molecule has 0 unspecified atom stereocenters. The van der Waals surface area contributed by atoms with Gasteiger partial charge in [-0.15, -0.1) is 0 Å². The summed E-state index contributed by atoms with van der Waals surface area (Å²) in [4.78, 5) is 22.5. The van der Waals surface area contributed by atoms with Crippen LogP contribution in [0.15, 0.2) is 35.4 Å². The van der Waals surface area contributed by atoms with Gasteiger partial charge in [-0.3, -0.25) is 14.0 Å². The van der Waals surface area contributed by atoms with Crippen LogP contribution in [0, 0.1) is 0 Å².